The lowest BCUT2D eigenvalue weighted by Crippen LogP contribution is -2.61. The van der Waals surface area contributed by atoms with Crippen LogP contribution in [0.25, 0.3) is 0 Å². The van der Waals surface area contributed by atoms with E-state index in [1.54, 1.807) is 6.92 Å². The number of aromatic hydroxyl groups is 1. The highest BCUT2D eigenvalue weighted by Crippen LogP contribution is 2.47. The van der Waals surface area contributed by atoms with Gasteiger partial charge in [0, 0.05) is 11.8 Å². The number of carbonyl (C=O) groups excluding carboxylic acids is 1. The summed E-state index contributed by atoms with van der Waals surface area (Å²) < 4.78 is 22.4. The summed E-state index contributed by atoms with van der Waals surface area (Å²) in [6.07, 6.45) is -8.39. The van der Waals surface area contributed by atoms with E-state index in [4.69, 9.17) is 18.9 Å². The van der Waals surface area contributed by atoms with Gasteiger partial charge < -0.3 is 49.6 Å². The molecular formula is C23H28O12. The number of hydrogen-bond donors (Lipinski definition) is 6. The molecule has 4 rings (SSSR count). The Hall–Kier alpha value is -2.74. The van der Waals surface area contributed by atoms with Crippen molar-refractivity contribution in [2.24, 2.45) is 17.8 Å². The lowest BCUT2D eigenvalue weighted by Gasteiger charge is -2.44. The number of hydrogen-bond acceptors (Lipinski definition) is 11. The van der Waals surface area contributed by atoms with E-state index in [0.29, 0.717) is 0 Å². The zero-order valence-corrected chi connectivity index (χ0v) is 18.7. The summed E-state index contributed by atoms with van der Waals surface area (Å²) >= 11 is 0. The molecule has 2 heterocycles. The monoisotopic (exact) mass is 496 g/mol. The van der Waals surface area contributed by atoms with Crippen LogP contribution < -0.4 is 0 Å². The van der Waals surface area contributed by atoms with Crippen LogP contribution in [0.15, 0.2) is 36.1 Å². The van der Waals surface area contributed by atoms with E-state index in [0.717, 1.165) is 6.26 Å². The maximum atomic E-state index is 12.7. The van der Waals surface area contributed by atoms with Crippen molar-refractivity contribution in [3.8, 4) is 5.75 Å². The Bertz CT molecular complexity index is 962. The highest BCUT2D eigenvalue weighted by Gasteiger charge is 2.54. The minimum absolute atomic E-state index is 0.0122. The first kappa shape index (κ1) is 25.4. The maximum Gasteiger partial charge on any atom is 0.338 e. The third kappa shape index (κ3) is 4.85. The van der Waals surface area contributed by atoms with Gasteiger partial charge in [0.25, 0.3) is 0 Å². The lowest BCUT2D eigenvalue weighted by atomic mass is 9.83. The van der Waals surface area contributed by atoms with Crippen molar-refractivity contribution in [3.63, 3.8) is 0 Å². The van der Waals surface area contributed by atoms with Crippen molar-refractivity contribution in [2.45, 2.75) is 56.4 Å². The lowest BCUT2D eigenvalue weighted by molar-refractivity contribution is -0.341. The van der Waals surface area contributed by atoms with Crippen LogP contribution in [0.3, 0.4) is 0 Å². The smallest absolute Gasteiger partial charge is 0.338 e. The number of carboxylic acid groups (broad SMARTS) is 1. The predicted molar refractivity (Wildman–Crippen MR) is 114 cm³/mol. The van der Waals surface area contributed by atoms with Crippen molar-refractivity contribution in [1.29, 1.82) is 0 Å². The Labute approximate surface area is 199 Å². The molecule has 3 aliphatic rings. The van der Waals surface area contributed by atoms with Gasteiger partial charge >= 0.3 is 11.9 Å². The molecule has 192 valence electrons. The minimum Gasteiger partial charge on any atom is -0.508 e. The van der Waals surface area contributed by atoms with Gasteiger partial charge in [0.15, 0.2) is 6.10 Å². The first-order chi connectivity index (χ1) is 16.6. The Balaban J connectivity index is 1.59. The fourth-order valence-electron chi connectivity index (χ4n) is 4.89. The largest absolute Gasteiger partial charge is 0.508 e. The van der Waals surface area contributed by atoms with Gasteiger partial charge in [0.1, 0.15) is 24.1 Å². The standard InChI is InChI=1S/C23H28O12/c1-9-14(26)6-12-13(20(29)30)8-32-22(16(9)12)35-23-19(18(28)17(27)15(7-24)33-23)34-21(31)10-2-4-11(25)5-3-10/h2-5,8-9,12,14-19,22-28H,6-7H2,1H3,(H,29,30)/t9-,12+,14-,15+,16+,17+,18-,19+,22-,23-/m0/s1. The van der Waals surface area contributed by atoms with Crippen LogP contribution in [0.5, 0.6) is 5.75 Å². The molecule has 2 fully saturated rings. The van der Waals surface area contributed by atoms with Crippen LogP contribution >= 0.6 is 0 Å². The van der Waals surface area contributed by atoms with Crippen LogP contribution in [0.4, 0.5) is 0 Å². The predicted octanol–water partition coefficient (Wildman–Crippen LogP) is -0.669. The van der Waals surface area contributed by atoms with Crippen LogP contribution in [0.1, 0.15) is 23.7 Å². The molecule has 12 heteroatoms. The summed E-state index contributed by atoms with van der Waals surface area (Å²) in [6.45, 7) is 1.05. The zero-order chi connectivity index (χ0) is 25.4. The van der Waals surface area contributed by atoms with Crippen molar-refractivity contribution >= 4 is 11.9 Å². The Morgan fingerprint density at radius 1 is 1.09 bits per heavy atom. The number of phenolic OH excluding ortho intramolecular Hbond substituents is 1. The van der Waals surface area contributed by atoms with E-state index in [1.165, 1.54) is 24.3 Å². The van der Waals surface area contributed by atoms with Crippen LogP contribution in [-0.2, 0) is 23.7 Å². The maximum absolute atomic E-state index is 12.7. The fraction of sp³-hybridized carbons (Fsp3) is 0.565. The van der Waals surface area contributed by atoms with Gasteiger partial charge in [0.2, 0.25) is 12.6 Å². The molecule has 6 N–H and O–H groups in total. The quantitative estimate of drug-likeness (QED) is 0.273. The number of carbonyl (C=O) groups is 2. The minimum atomic E-state index is -1.71. The molecule has 2 aliphatic heterocycles. The first-order valence-corrected chi connectivity index (χ1v) is 11.2. The molecule has 0 bridgehead atoms. The van der Waals surface area contributed by atoms with Crippen molar-refractivity contribution in [2.75, 3.05) is 6.61 Å². The zero-order valence-electron chi connectivity index (χ0n) is 18.7. The molecule has 0 aromatic heterocycles. The molecule has 0 unspecified atom stereocenters. The number of aliphatic hydroxyl groups is 4. The number of rotatable bonds is 6. The average Bonchev–Trinajstić information content (AvgIpc) is 3.13. The molecule has 0 radical (unpaired) electrons. The second-order valence-electron chi connectivity index (χ2n) is 8.99. The molecule has 1 saturated carbocycles. The normalized spacial score (nSPS) is 38.7. The molecule has 1 aromatic carbocycles. The molecule has 1 saturated heterocycles. The summed E-state index contributed by atoms with van der Waals surface area (Å²) in [4.78, 5) is 24.3. The number of esters is 1. The third-order valence-corrected chi connectivity index (χ3v) is 6.90. The highest BCUT2D eigenvalue weighted by molar-refractivity contribution is 5.89. The van der Waals surface area contributed by atoms with E-state index in [9.17, 15) is 40.2 Å². The fourth-order valence-corrected chi connectivity index (χ4v) is 4.89. The van der Waals surface area contributed by atoms with Crippen molar-refractivity contribution in [3.05, 3.63) is 41.7 Å². The summed E-state index contributed by atoms with van der Waals surface area (Å²) in [5, 5.41) is 59.9. The number of phenols is 1. The van der Waals surface area contributed by atoms with Gasteiger partial charge in [0.05, 0.1) is 30.1 Å². The van der Waals surface area contributed by atoms with Crippen molar-refractivity contribution in [1.82, 2.24) is 0 Å². The molecule has 0 spiro atoms. The van der Waals surface area contributed by atoms with E-state index >= 15 is 0 Å². The van der Waals surface area contributed by atoms with Gasteiger partial charge in [-0.25, -0.2) is 9.59 Å². The molecule has 1 aromatic rings. The van der Waals surface area contributed by atoms with Gasteiger partial charge in [-0.2, -0.15) is 0 Å². The van der Waals surface area contributed by atoms with Gasteiger partial charge in [-0.3, -0.25) is 0 Å². The second kappa shape index (κ2) is 10.1. The van der Waals surface area contributed by atoms with E-state index in [2.05, 4.69) is 0 Å². The number of carboxylic acids is 1. The van der Waals surface area contributed by atoms with Gasteiger partial charge in [-0.15, -0.1) is 0 Å². The topological polar surface area (TPSA) is 192 Å². The van der Waals surface area contributed by atoms with E-state index in [1.807, 2.05) is 0 Å². The summed E-state index contributed by atoms with van der Waals surface area (Å²) in [5.74, 6) is -3.76. The van der Waals surface area contributed by atoms with Crippen LogP contribution in [-0.4, -0.2) is 92.3 Å². The summed E-state index contributed by atoms with van der Waals surface area (Å²) in [5.41, 5.74) is 0.0323. The number of benzene rings is 1. The van der Waals surface area contributed by atoms with Crippen molar-refractivity contribution < 1.29 is 59.2 Å². The molecule has 12 nitrogen and oxygen atoms in total. The molecule has 1 aliphatic carbocycles. The summed E-state index contributed by atoms with van der Waals surface area (Å²) in [6, 6.07) is 5.13. The molecule has 35 heavy (non-hydrogen) atoms. The number of ether oxygens (including phenoxy) is 4. The van der Waals surface area contributed by atoms with Crippen LogP contribution in [0, 0.1) is 17.8 Å². The highest BCUT2D eigenvalue weighted by atomic mass is 16.8. The first-order valence-electron chi connectivity index (χ1n) is 11.2. The third-order valence-electron chi connectivity index (χ3n) is 6.90. The van der Waals surface area contributed by atoms with Gasteiger partial charge in [-0.05, 0) is 36.6 Å². The molecule has 0 amide bonds. The molecule has 10 atom stereocenters. The Morgan fingerprint density at radius 2 is 1.77 bits per heavy atom. The Kier molecular flexibility index (Phi) is 7.31. The second-order valence-corrected chi connectivity index (χ2v) is 8.99. The number of aliphatic carboxylic acids is 1. The van der Waals surface area contributed by atoms with Crippen LogP contribution in [0.2, 0.25) is 0 Å². The van der Waals surface area contributed by atoms with E-state index in [-0.39, 0.29) is 23.3 Å². The molecular weight excluding hydrogens is 468 g/mol. The Morgan fingerprint density at radius 3 is 2.40 bits per heavy atom. The van der Waals surface area contributed by atoms with E-state index < -0.39 is 79.4 Å². The average molecular weight is 496 g/mol. The SMILES string of the molecule is C[C@@H]1[C@H]2[C@H](O[C@@H]3O[C@H](CO)[C@@H](O)[C@H](O)[C@H]3OC(=O)c3ccc(O)cc3)OC=C(C(=O)O)[C@H]2C[C@@H]1O. The van der Waals surface area contributed by atoms with Gasteiger partial charge in [-0.1, -0.05) is 6.92 Å². The summed E-state index contributed by atoms with van der Waals surface area (Å²) in [7, 11) is 0. The number of aliphatic hydroxyl groups excluding tert-OH is 4. The number of fused-ring (bicyclic) bond motifs is 1.